The normalized spacial score (nSPS) is 17.9. The summed E-state index contributed by atoms with van der Waals surface area (Å²) in [6, 6.07) is 23.5. The molecule has 36 heavy (non-hydrogen) atoms. The van der Waals surface area contributed by atoms with Gasteiger partial charge in [0.05, 0.1) is 6.04 Å². The molecular weight excluding hydrogens is 446 g/mol. The Bertz CT molecular complexity index is 1300. The number of aliphatic carboxylic acids is 1. The zero-order chi connectivity index (χ0) is 25.8. The van der Waals surface area contributed by atoms with Crippen LogP contribution in [0, 0.1) is 5.41 Å². The molecule has 2 atom stereocenters. The quantitative estimate of drug-likeness (QED) is 0.270. The van der Waals surface area contributed by atoms with Crippen LogP contribution in [-0.2, 0) is 11.2 Å². The molecule has 184 valence electrons. The van der Waals surface area contributed by atoms with Gasteiger partial charge in [0.2, 0.25) is 0 Å². The second kappa shape index (κ2) is 10.6. The first kappa shape index (κ1) is 25.0. The first-order valence-corrected chi connectivity index (χ1v) is 12.3. The van der Waals surface area contributed by atoms with Gasteiger partial charge < -0.3 is 21.1 Å². The summed E-state index contributed by atoms with van der Waals surface area (Å²) in [6.07, 6.45) is 6.40. The molecule has 0 fully saturated rings. The van der Waals surface area contributed by atoms with E-state index in [-0.39, 0.29) is 12.1 Å². The van der Waals surface area contributed by atoms with Gasteiger partial charge in [-0.05, 0) is 70.9 Å². The summed E-state index contributed by atoms with van der Waals surface area (Å²) in [7, 11) is 0. The zero-order valence-corrected chi connectivity index (χ0v) is 21.0. The standard InChI is InChI=1S/C31H33N3O2/c1-20(2)23-9-12-28(13-10-23)34-21(3)16-26-17-25(27(18-32)19-33)11-14-29(26)31(34)24-7-4-22(5-8-24)6-15-30(35)36/h4-15,17-21,31-32H,16,33H2,1-3H3,(H,35,36)/b15-6+,27-19+,32-18?. The minimum Gasteiger partial charge on any atom is -0.478 e. The molecule has 1 aliphatic heterocycles. The lowest BCUT2D eigenvalue weighted by Crippen LogP contribution is -2.43. The van der Waals surface area contributed by atoms with Gasteiger partial charge in [0.15, 0.2) is 0 Å². The van der Waals surface area contributed by atoms with Gasteiger partial charge in [0.25, 0.3) is 0 Å². The van der Waals surface area contributed by atoms with Crippen molar-refractivity contribution < 1.29 is 9.90 Å². The Morgan fingerprint density at radius 1 is 1.08 bits per heavy atom. The summed E-state index contributed by atoms with van der Waals surface area (Å²) < 4.78 is 0. The van der Waals surface area contributed by atoms with E-state index in [9.17, 15) is 4.79 Å². The Morgan fingerprint density at radius 2 is 1.78 bits per heavy atom. The second-order valence-electron chi connectivity index (χ2n) is 9.63. The van der Waals surface area contributed by atoms with Crippen LogP contribution in [0.4, 0.5) is 5.69 Å². The van der Waals surface area contributed by atoms with Crippen molar-refractivity contribution >= 4 is 29.5 Å². The number of rotatable bonds is 7. The Labute approximate surface area is 213 Å². The van der Waals surface area contributed by atoms with Crippen LogP contribution in [0.25, 0.3) is 11.6 Å². The molecule has 0 radical (unpaired) electrons. The van der Waals surface area contributed by atoms with Gasteiger partial charge in [-0.15, -0.1) is 0 Å². The maximum Gasteiger partial charge on any atom is 0.328 e. The fraction of sp³-hybridized carbons (Fsp3) is 0.226. The second-order valence-corrected chi connectivity index (χ2v) is 9.63. The molecule has 0 spiro atoms. The number of allylic oxidation sites excluding steroid dienone is 1. The minimum absolute atomic E-state index is 0.00881. The van der Waals surface area contributed by atoms with E-state index < -0.39 is 5.97 Å². The molecule has 4 N–H and O–H groups in total. The van der Waals surface area contributed by atoms with Crippen LogP contribution in [0.2, 0.25) is 0 Å². The van der Waals surface area contributed by atoms with Crippen molar-refractivity contribution in [3.63, 3.8) is 0 Å². The van der Waals surface area contributed by atoms with E-state index in [4.69, 9.17) is 16.2 Å². The fourth-order valence-electron chi connectivity index (χ4n) is 5.01. The molecule has 1 heterocycles. The lowest BCUT2D eigenvalue weighted by atomic mass is 9.83. The van der Waals surface area contributed by atoms with Crippen molar-refractivity contribution in [3.05, 3.63) is 112 Å². The Hall–Kier alpha value is -4.12. The summed E-state index contributed by atoms with van der Waals surface area (Å²) in [6.45, 7) is 6.65. The molecule has 0 aromatic heterocycles. The predicted molar refractivity (Wildman–Crippen MR) is 149 cm³/mol. The van der Waals surface area contributed by atoms with Crippen molar-refractivity contribution in [2.45, 2.75) is 45.2 Å². The molecule has 1 aliphatic rings. The van der Waals surface area contributed by atoms with Crippen molar-refractivity contribution in [1.29, 1.82) is 5.41 Å². The third-order valence-corrected chi connectivity index (χ3v) is 6.90. The highest BCUT2D eigenvalue weighted by molar-refractivity contribution is 6.08. The molecular formula is C31H33N3O2. The molecule has 0 saturated heterocycles. The van der Waals surface area contributed by atoms with Crippen LogP contribution < -0.4 is 10.6 Å². The molecule has 5 heteroatoms. The first-order chi connectivity index (χ1) is 17.3. The molecule has 4 rings (SSSR count). The average molecular weight is 480 g/mol. The molecule has 2 unspecified atom stereocenters. The highest BCUT2D eigenvalue weighted by atomic mass is 16.4. The maximum absolute atomic E-state index is 10.9. The third-order valence-electron chi connectivity index (χ3n) is 6.90. The SMILES string of the molecule is CC(C)c1ccc(N2C(C)Cc3cc(/C(C=N)=C/N)ccc3C2c2ccc(/C=C/C(=O)O)cc2)cc1. The van der Waals surface area contributed by atoms with Crippen LogP contribution in [0.3, 0.4) is 0 Å². The number of hydrogen-bond acceptors (Lipinski definition) is 4. The topological polar surface area (TPSA) is 90.4 Å². The third kappa shape index (κ3) is 5.10. The van der Waals surface area contributed by atoms with Crippen LogP contribution in [0.1, 0.15) is 66.1 Å². The predicted octanol–water partition coefficient (Wildman–Crippen LogP) is 6.40. The maximum atomic E-state index is 10.9. The van der Waals surface area contributed by atoms with Gasteiger partial charge in [-0.25, -0.2) is 4.79 Å². The van der Waals surface area contributed by atoms with Crippen molar-refractivity contribution in [2.24, 2.45) is 5.73 Å². The van der Waals surface area contributed by atoms with E-state index in [1.54, 1.807) is 6.08 Å². The van der Waals surface area contributed by atoms with Gasteiger partial charge in [-0.3, -0.25) is 0 Å². The summed E-state index contributed by atoms with van der Waals surface area (Å²) in [5.41, 5.74) is 14.3. The number of carbonyl (C=O) groups is 1. The van der Waals surface area contributed by atoms with Crippen molar-refractivity contribution in [2.75, 3.05) is 4.90 Å². The average Bonchev–Trinajstić information content (AvgIpc) is 2.87. The molecule has 3 aromatic rings. The number of carboxylic acid groups (broad SMARTS) is 1. The van der Waals surface area contributed by atoms with Crippen LogP contribution in [0.5, 0.6) is 0 Å². The number of hydrogen-bond donors (Lipinski definition) is 3. The van der Waals surface area contributed by atoms with Crippen molar-refractivity contribution in [1.82, 2.24) is 0 Å². The lowest BCUT2D eigenvalue weighted by Gasteiger charge is -2.44. The number of nitrogens with one attached hydrogen (secondary N) is 1. The molecule has 5 nitrogen and oxygen atoms in total. The fourth-order valence-corrected chi connectivity index (χ4v) is 5.01. The minimum atomic E-state index is -0.961. The molecule has 0 bridgehead atoms. The van der Waals surface area contributed by atoms with E-state index in [2.05, 4.69) is 74.2 Å². The van der Waals surface area contributed by atoms with Crippen molar-refractivity contribution in [3.8, 4) is 0 Å². The van der Waals surface area contributed by atoms with Gasteiger partial charge in [-0.1, -0.05) is 68.4 Å². The van der Waals surface area contributed by atoms with Gasteiger partial charge in [0.1, 0.15) is 0 Å². The summed E-state index contributed by atoms with van der Waals surface area (Å²) in [4.78, 5) is 13.4. The summed E-state index contributed by atoms with van der Waals surface area (Å²) in [5.74, 6) is -0.491. The number of nitrogens with zero attached hydrogens (tertiary/aromatic N) is 1. The lowest BCUT2D eigenvalue weighted by molar-refractivity contribution is -0.131. The van der Waals surface area contributed by atoms with E-state index in [1.165, 1.54) is 34.8 Å². The molecule has 3 aromatic carbocycles. The summed E-state index contributed by atoms with van der Waals surface area (Å²) >= 11 is 0. The largest absolute Gasteiger partial charge is 0.478 e. The highest BCUT2D eigenvalue weighted by Gasteiger charge is 2.33. The number of nitrogens with two attached hydrogens (primary N) is 1. The number of benzene rings is 3. The van der Waals surface area contributed by atoms with E-state index in [1.807, 2.05) is 18.2 Å². The Kier molecular flexibility index (Phi) is 7.39. The molecule has 0 saturated carbocycles. The monoisotopic (exact) mass is 479 g/mol. The van der Waals surface area contributed by atoms with E-state index >= 15 is 0 Å². The number of anilines is 1. The first-order valence-electron chi connectivity index (χ1n) is 12.3. The van der Waals surface area contributed by atoms with Crippen LogP contribution in [-0.4, -0.2) is 23.3 Å². The Balaban J connectivity index is 1.82. The Morgan fingerprint density at radius 3 is 2.36 bits per heavy atom. The van der Waals surface area contributed by atoms with Gasteiger partial charge >= 0.3 is 5.97 Å². The smallest absolute Gasteiger partial charge is 0.328 e. The number of carboxylic acids is 1. The number of fused-ring (bicyclic) bond motifs is 1. The van der Waals surface area contributed by atoms with Crippen LogP contribution in [0.15, 0.2) is 79.0 Å². The highest BCUT2D eigenvalue weighted by Crippen LogP contribution is 2.42. The van der Waals surface area contributed by atoms with E-state index in [0.29, 0.717) is 11.5 Å². The molecule has 0 amide bonds. The van der Waals surface area contributed by atoms with Gasteiger partial charge in [0, 0.05) is 35.8 Å². The molecule has 0 aliphatic carbocycles. The van der Waals surface area contributed by atoms with Crippen LogP contribution >= 0.6 is 0 Å². The van der Waals surface area contributed by atoms with E-state index in [0.717, 1.165) is 29.2 Å². The zero-order valence-electron chi connectivity index (χ0n) is 21.0. The summed E-state index contributed by atoms with van der Waals surface area (Å²) in [5, 5.41) is 16.7. The van der Waals surface area contributed by atoms with Gasteiger partial charge in [-0.2, -0.15) is 0 Å².